The van der Waals surface area contributed by atoms with Gasteiger partial charge >= 0.3 is 0 Å². The molecule has 39 heavy (non-hydrogen) atoms. The molecule has 0 amide bonds. The number of ether oxygens (including phenoxy) is 3. The van der Waals surface area contributed by atoms with Crippen molar-refractivity contribution in [1.29, 1.82) is 0 Å². The molecule has 0 spiro atoms. The van der Waals surface area contributed by atoms with Crippen LogP contribution < -0.4 is 0 Å². The molecule has 0 saturated heterocycles. The molecule has 4 aromatic carbocycles. The van der Waals surface area contributed by atoms with E-state index in [1.54, 1.807) is 0 Å². The molecule has 0 aliphatic heterocycles. The van der Waals surface area contributed by atoms with Gasteiger partial charge < -0.3 is 24.5 Å². The second kappa shape index (κ2) is 15.6. The monoisotopic (exact) mass is 525 g/mol. The Hall–Kier alpha value is -3.81. The van der Waals surface area contributed by atoms with Gasteiger partial charge in [-0.25, -0.2) is 4.74 Å². The van der Waals surface area contributed by atoms with Crippen molar-refractivity contribution in [2.45, 2.75) is 44.7 Å². The summed E-state index contributed by atoms with van der Waals surface area (Å²) in [4.78, 5) is 0. The topological polar surface area (TPSA) is 74.0 Å². The number of aliphatic hydroxyl groups is 1. The Balaban J connectivity index is 1.53. The second-order valence-electron chi connectivity index (χ2n) is 9.30. The molecule has 202 valence electrons. The molecule has 1 N–H and O–H groups in total. The average molecular weight is 526 g/mol. The highest BCUT2D eigenvalue weighted by molar-refractivity contribution is 5.59. The van der Waals surface area contributed by atoms with Crippen LogP contribution in [0.1, 0.15) is 22.3 Å². The number of benzene rings is 4. The molecule has 3 atom stereocenters. The quantitative estimate of drug-likeness (QED) is 0.0958. The highest BCUT2D eigenvalue weighted by atomic mass is 16.6. The molecule has 0 aliphatic rings. The fourth-order valence-corrected chi connectivity index (χ4v) is 4.13. The summed E-state index contributed by atoms with van der Waals surface area (Å²) in [6, 6.07) is 38.7. The van der Waals surface area contributed by atoms with Crippen molar-refractivity contribution in [3.8, 4) is 0 Å². The van der Waals surface area contributed by atoms with Crippen LogP contribution in [0.15, 0.2) is 121 Å². The van der Waals surface area contributed by atoms with E-state index < -0.39 is 18.3 Å². The maximum Gasteiger partial charge on any atom is 0.183 e. The van der Waals surface area contributed by atoms with Crippen molar-refractivity contribution < 1.29 is 24.1 Å². The molecular formula is C33H35NO5. The summed E-state index contributed by atoms with van der Waals surface area (Å²) >= 11 is 0. The summed E-state index contributed by atoms with van der Waals surface area (Å²) in [6.45, 7) is 1.02. The van der Waals surface area contributed by atoms with Gasteiger partial charge in [-0.1, -0.05) is 121 Å². The van der Waals surface area contributed by atoms with E-state index in [2.05, 4.69) is 0 Å². The third-order valence-electron chi connectivity index (χ3n) is 6.17. The minimum absolute atomic E-state index is 0.0188. The van der Waals surface area contributed by atoms with Gasteiger partial charge in [-0.15, -0.1) is 0 Å². The van der Waals surface area contributed by atoms with Crippen LogP contribution in [0.3, 0.4) is 0 Å². The number of hydrogen-bond donors (Lipinski definition) is 1. The molecule has 4 rings (SSSR count). The summed E-state index contributed by atoms with van der Waals surface area (Å²) in [7, 11) is 0. The third-order valence-corrected chi connectivity index (χ3v) is 6.17. The maximum atomic E-state index is 13.0. The van der Waals surface area contributed by atoms with Gasteiger partial charge in [0, 0.05) is 5.56 Å². The Kier molecular flexibility index (Phi) is 11.3. The number of rotatable bonds is 15. The van der Waals surface area contributed by atoms with Crippen molar-refractivity contribution >= 4 is 6.21 Å². The first-order chi connectivity index (χ1) is 19.2. The zero-order chi connectivity index (χ0) is 27.1. The highest BCUT2D eigenvalue weighted by Crippen LogP contribution is 2.16. The molecule has 0 radical (unpaired) electrons. The highest BCUT2D eigenvalue weighted by Gasteiger charge is 2.32. The van der Waals surface area contributed by atoms with E-state index in [-0.39, 0.29) is 26.4 Å². The first-order valence-corrected chi connectivity index (χ1v) is 13.1. The molecule has 0 fully saturated rings. The van der Waals surface area contributed by atoms with Crippen molar-refractivity contribution in [3.63, 3.8) is 0 Å². The van der Waals surface area contributed by atoms with Crippen LogP contribution in [0, 0.1) is 5.21 Å². The van der Waals surface area contributed by atoms with E-state index in [1.807, 2.05) is 121 Å². The minimum Gasteiger partial charge on any atom is -0.624 e. The lowest BCUT2D eigenvalue weighted by Gasteiger charge is -2.28. The largest absolute Gasteiger partial charge is 0.624 e. The van der Waals surface area contributed by atoms with Crippen molar-refractivity contribution in [1.82, 2.24) is 0 Å². The van der Waals surface area contributed by atoms with Crippen LogP contribution in [-0.4, -0.2) is 41.0 Å². The zero-order valence-electron chi connectivity index (χ0n) is 21.9. The number of aliphatic hydroxyl groups excluding tert-OH is 1. The van der Waals surface area contributed by atoms with Crippen LogP contribution in [0.25, 0.3) is 0 Å². The van der Waals surface area contributed by atoms with E-state index in [0.717, 1.165) is 27.0 Å². The van der Waals surface area contributed by atoms with Crippen LogP contribution >= 0.6 is 0 Å². The van der Waals surface area contributed by atoms with Crippen LogP contribution in [0.5, 0.6) is 0 Å². The molecule has 0 heterocycles. The first-order valence-electron chi connectivity index (χ1n) is 13.1. The van der Waals surface area contributed by atoms with Gasteiger partial charge in [0.2, 0.25) is 0 Å². The number of nitrogens with zero attached hydrogens (tertiary/aromatic N) is 1. The average Bonchev–Trinajstić information content (AvgIpc) is 2.98. The van der Waals surface area contributed by atoms with E-state index >= 15 is 0 Å². The Morgan fingerprint density at radius 2 is 1.05 bits per heavy atom. The number of hydrogen-bond acceptors (Lipinski definition) is 5. The lowest BCUT2D eigenvalue weighted by molar-refractivity contribution is -0.473. The standard InChI is InChI=1S/C33H35NO5/c35-31(26-37-23-28-15-7-2-8-16-28)33(39-25-30-19-11-4-12-20-30)32(38-24-29-17-9-3-10-18-29)22-34(36)21-27-13-5-1-6-14-27/h1-20,22,31-33,35H,21,23-26H2/b34-22-/t31-,32?,33?/m1/s1. The summed E-state index contributed by atoms with van der Waals surface area (Å²) in [6.07, 6.45) is -1.27. The van der Waals surface area contributed by atoms with E-state index in [1.165, 1.54) is 6.21 Å². The summed E-state index contributed by atoms with van der Waals surface area (Å²) in [5.41, 5.74) is 3.78. The lowest BCUT2D eigenvalue weighted by atomic mass is 10.1. The predicted molar refractivity (Wildman–Crippen MR) is 152 cm³/mol. The molecule has 2 unspecified atom stereocenters. The van der Waals surface area contributed by atoms with Gasteiger partial charge in [-0.2, -0.15) is 0 Å². The minimum atomic E-state index is -1.04. The molecular weight excluding hydrogens is 490 g/mol. The Morgan fingerprint density at radius 1 is 0.615 bits per heavy atom. The predicted octanol–water partition coefficient (Wildman–Crippen LogP) is 5.52. The smallest absolute Gasteiger partial charge is 0.183 e. The van der Waals surface area contributed by atoms with Crippen LogP contribution in [-0.2, 0) is 40.6 Å². The molecule has 0 saturated carbocycles. The second-order valence-corrected chi connectivity index (χ2v) is 9.30. The van der Waals surface area contributed by atoms with E-state index in [0.29, 0.717) is 6.61 Å². The zero-order valence-corrected chi connectivity index (χ0v) is 21.9. The number of hydroxylamine groups is 1. The SMILES string of the molecule is [O-]/[N+](=C\C(OCc1ccccc1)C(OCc1ccccc1)[C@H](O)COCc1ccccc1)Cc1ccccc1. The molecule has 6 heteroatoms. The first kappa shape index (κ1) is 28.2. The summed E-state index contributed by atoms with van der Waals surface area (Å²) in [5.74, 6) is 0. The van der Waals surface area contributed by atoms with Gasteiger partial charge in [0.1, 0.15) is 12.2 Å². The molecule has 0 aromatic heterocycles. The molecule has 0 aliphatic carbocycles. The van der Waals surface area contributed by atoms with Gasteiger partial charge in [0.15, 0.2) is 18.9 Å². The maximum absolute atomic E-state index is 13.0. The normalized spacial score (nSPS) is 14.0. The Labute approximate surface area is 230 Å². The van der Waals surface area contributed by atoms with Crippen LogP contribution in [0.2, 0.25) is 0 Å². The van der Waals surface area contributed by atoms with E-state index in [4.69, 9.17) is 14.2 Å². The molecule has 4 aromatic rings. The Morgan fingerprint density at radius 3 is 1.56 bits per heavy atom. The van der Waals surface area contributed by atoms with Crippen molar-refractivity contribution in [2.24, 2.45) is 0 Å². The summed E-state index contributed by atoms with van der Waals surface area (Å²) < 4.78 is 19.1. The lowest BCUT2D eigenvalue weighted by Crippen LogP contribution is -2.45. The fraction of sp³-hybridized carbons (Fsp3) is 0.242. The Bertz CT molecular complexity index is 1240. The summed E-state index contributed by atoms with van der Waals surface area (Å²) in [5, 5.41) is 24.3. The van der Waals surface area contributed by atoms with E-state index in [9.17, 15) is 10.3 Å². The van der Waals surface area contributed by atoms with Gasteiger partial charge in [-0.3, -0.25) is 0 Å². The van der Waals surface area contributed by atoms with Gasteiger partial charge in [0.05, 0.1) is 26.4 Å². The molecule has 0 bridgehead atoms. The van der Waals surface area contributed by atoms with Gasteiger partial charge in [0.25, 0.3) is 0 Å². The van der Waals surface area contributed by atoms with Crippen molar-refractivity contribution in [2.75, 3.05) is 6.61 Å². The molecule has 6 nitrogen and oxygen atoms in total. The van der Waals surface area contributed by atoms with Gasteiger partial charge in [-0.05, 0) is 16.7 Å². The van der Waals surface area contributed by atoms with Crippen molar-refractivity contribution in [3.05, 3.63) is 149 Å². The fourth-order valence-electron chi connectivity index (χ4n) is 4.13. The third kappa shape index (κ3) is 9.78. The van der Waals surface area contributed by atoms with Crippen LogP contribution in [0.4, 0.5) is 0 Å².